The molecular formula is C28H31ClN4O3. The molecule has 2 aromatic rings. The summed E-state index contributed by atoms with van der Waals surface area (Å²) >= 11 is 6.80. The lowest BCUT2D eigenvalue weighted by atomic mass is 9.82. The summed E-state index contributed by atoms with van der Waals surface area (Å²) in [4.78, 5) is 28.3. The van der Waals surface area contributed by atoms with Crippen molar-refractivity contribution in [1.29, 1.82) is 5.26 Å². The van der Waals surface area contributed by atoms with Crippen LogP contribution in [-0.2, 0) is 10.3 Å². The van der Waals surface area contributed by atoms with Crippen molar-refractivity contribution in [3.8, 4) is 11.8 Å². The zero-order chi connectivity index (χ0) is 26.0. The third-order valence-corrected chi connectivity index (χ3v) is 7.59. The van der Waals surface area contributed by atoms with E-state index in [1.54, 1.807) is 30.3 Å². The van der Waals surface area contributed by atoms with E-state index in [2.05, 4.69) is 24.1 Å². The maximum absolute atomic E-state index is 13.4. The molecule has 2 aromatic carbocycles. The molecule has 4 rings (SSSR count). The highest BCUT2D eigenvalue weighted by atomic mass is 35.5. The molecule has 2 aliphatic rings. The van der Waals surface area contributed by atoms with Crippen LogP contribution in [0.3, 0.4) is 0 Å². The summed E-state index contributed by atoms with van der Waals surface area (Å²) in [5.74, 6) is 0.924. The number of amides is 2. The quantitative estimate of drug-likeness (QED) is 0.553. The third-order valence-electron chi connectivity index (χ3n) is 7.18. The van der Waals surface area contributed by atoms with Crippen molar-refractivity contribution in [2.24, 2.45) is 5.92 Å². The highest BCUT2D eigenvalue weighted by molar-refractivity contribution is 6.35. The van der Waals surface area contributed by atoms with Crippen LogP contribution in [0.15, 0.2) is 48.8 Å². The lowest BCUT2D eigenvalue weighted by Crippen LogP contribution is -2.57. The van der Waals surface area contributed by atoms with Crippen molar-refractivity contribution in [3.05, 3.63) is 70.5 Å². The molecule has 1 saturated carbocycles. The topological polar surface area (TPSA) is 94.5 Å². The largest absolute Gasteiger partial charge is 0.495 e. The van der Waals surface area contributed by atoms with Gasteiger partial charge in [0.25, 0.3) is 5.91 Å². The Morgan fingerprint density at radius 3 is 2.72 bits per heavy atom. The number of benzene rings is 2. The Bertz CT molecular complexity index is 1230. The lowest BCUT2D eigenvalue weighted by molar-refractivity contribution is -0.137. The van der Waals surface area contributed by atoms with E-state index in [1.165, 1.54) is 13.5 Å². The maximum Gasteiger partial charge on any atom is 0.259 e. The van der Waals surface area contributed by atoms with E-state index in [0.29, 0.717) is 28.0 Å². The number of carbonyl (C=O) groups is 2. The first-order valence-electron chi connectivity index (χ1n) is 12.1. The summed E-state index contributed by atoms with van der Waals surface area (Å²) in [5, 5.41) is 15.9. The molecule has 1 aliphatic carbocycles. The fraction of sp³-hybridized carbons (Fsp3) is 0.393. The number of para-hydroxylation sites is 1. The molecule has 0 aromatic heterocycles. The van der Waals surface area contributed by atoms with Crippen LogP contribution in [0, 0.1) is 17.2 Å². The molecular weight excluding hydrogens is 476 g/mol. The van der Waals surface area contributed by atoms with Crippen molar-refractivity contribution in [1.82, 2.24) is 10.2 Å². The van der Waals surface area contributed by atoms with Gasteiger partial charge in [-0.25, -0.2) is 0 Å². The van der Waals surface area contributed by atoms with Crippen LogP contribution in [0.25, 0.3) is 0 Å². The Morgan fingerprint density at radius 1 is 1.31 bits per heavy atom. The van der Waals surface area contributed by atoms with Gasteiger partial charge in [-0.3, -0.25) is 14.5 Å². The van der Waals surface area contributed by atoms with Gasteiger partial charge in [0.05, 0.1) is 40.9 Å². The van der Waals surface area contributed by atoms with E-state index in [-0.39, 0.29) is 35.2 Å². The van der Waals surface area contributed by atoms with Gasteiger partial charge in [-0.05, 0) is 49.4 Å². The minimum Gasteiger partial charge on any atom is -0.495 e. The number of carbonyl (C=O) groups excluding carboxylic acids is 2. The van der Waals surface area contributed by atoms with Gasteiger partial charge in [0.15, 0.2) is 0 Å². The molecule has 0 radical (unpaired) electrons. The number of ether oxygens (including phenoxy) is 1. The number of nitriles is 1. The van der Waals surface area contributed by atoms with Gasteiger partial charge in [0.2, 0.25) is 5.91 Å². The molecule has 1 aliphatic heterocycles. The zero-order valence-corrected chi connectivity index (χ0v) is 21.6. The number of halogens is 1. The molecule has 3 unspecified atom stereocenters. The minimum absolute atomic E-state index is 0.0175. The highest BCUT2D eigenvalue weighted by Crippen LogP contribution is 2.41. The number of hydrogen-bond donors (Lipinski definition) is 2. The molecule has 1 heterocycles. The maximum atomic E-state index is 13.4. The number of rotatable bonds is 5. The van der Waals surface area contributed by atoms with Gasteiger partial charge in [-0.2, -0.15) is 5.26 Å². The normalized spacial score (nSPS) is 24.0. The fourth-order valence-electron chi connectivity index (χ4n) is 5.45. The van der Waals surface area contributed by atoms with Crippen LogP contribution >= 0.6 is 11.6 Å². The average molecular weight is 507 g/mol. The van der Waals surface area contributed by atoms with Crippen molar-refractivity contribution < 1.29 is 14.3 Å². The predicted octanol–water partition coefficient (Wildman–Crippen LogP) is 5.56. The van der Waals surface area contributed by atoms with E-state index < -0.39 is 11.4 Å². The molecule has 7 nitrogen and oxygen atoms in total. The zero-order valence-electron chi connectivity index (χ0n) is 20.9. The Balaban J connectivity index is 1.58. The second kappa shape index (κ2) is 10.2. The van der Waals surface area contributed by atoms with E-state index in [4.69, 9.17) is 16.3 Å². The SMILES string of the molecule is C=C1NC(C)(c2cccc(NC(=O)c3cccc(C#N)c3OC)c2Cl)CC(=O)N1C1CCCC(C)C1. The smallest absolute Gasteiger partial charge is 0.259 e. The highest BCUT2D eigenvalue weighted by Gasteiger charge is 2.42. The van der Waals surface area contributed by atoms with Crippen LogP contribution in [0.2, 0.25) is 5.02 Å². The Hall–Kier alpha value is -3.50. The van der Waals surface area contributed by atoms with Crippen LogP contribution in [0.4, 0.5) is 5.69 Å². The summed E-state index contributed by atoms with van der Waals surface area (Å²) in [7, 11) is 1.41. The summed E-state index contributed by atoms with van der Waals surface area (Å²) in [6, 6.07) is 12.3. The Labute approximate surface area is 217 Å². The van der Waals surface area contributed by atoms with E-state index in [1.807, 2.05) is 24.0 Å². The van der Waals surface area contributed by atoms with Gasteiger partial charge in [0.1, 0.15) is 17.6 Å². The Kier molecular flexibility index (Phi) is 7.28. The third kappa shape index (κ3) is 4.78. The number of methoxy groups -OCH3 is 1. The summed E-state index contributed by atoms with van der Waals surface area (Å²) in [6.07, 6.45) is 4.47. The summed E-state index contributed by atoms with van der Waals surface area (Å²) in [6.45, 7) is 8.33. The van der Waals surface area contributed by atoms with Gasteiger partial charge >= 0.3 is 0 Å². The first-order chi connectivity index (χ1) is 17.2. The molecule has 0 bridgehead atoms. The first-order valence-corrected chi connectivity index (χ1v) is 12.5. The number of nitrogens with one attached hydrogen (secondary N) is 2. The van der Waals surface area contributed by atoms with Crippen LogP contribution in [0.1, 0.15) is 67.4 Å². The molecule has 1 saturated heterocycles. The van der Waals surface area contributed by atoms with Crippen molar-refractivity contribution in [2.75, 3.05) is 12.4 Å². The van der Waals surface area contributed by atoms with Gasteiger partial charge in [-0.1, -0.05) is 56.1 Å². The van der Waals surface area contributed by atoms with Gasteiger partial charge in [-0.15, -0.1) is 0 Å². The Morgan fingerprint density at radius 2 is 2.06 bits per heavy atom. The van der Waals surface area contributed by atoms with Crippen molar-refractivity contribution in [3.63, 3.8) is 0 Å². The summed E-state index contributed by atoms with van der Waals surface area (Å²) in [5.41, 5.74) is 0.777. The molecule has 2 amide bonds. The van der Waals surface area contributed by atoms with E-state index >= 15 is 0 Å². The molecule has 3 atom stereocenters. The van der Waals surface area contributed by atoms with E-state index in [0.717, 1.165) is 19.3 Å². The first kappa shape index (κ1) is 25.6. The lowest BCUT2D eigenvalue weighted by Gasteiger charge is -2.47. The van der Waals surface area contributed by atoms with Gasteiger partial charge in [0, 0.05) is 6.04 Å². The van der Waals surface area contributed by atoms with E-state index in [9.17, 15) is 14.9 Å². The predicted molar refractivity (Wildman–Crippen MR) is 140 cm³/mol. The minimum atomic E-state index is -0.790. The van der Waals surface area contributed by atoms with Crippen molar-refractivity contribution in [2.45, 2.75) is 57.5 Å². The number of hydrogen-bond acceptors (Lipinski definition) is 5. The molecule has 2 fully saturated rings. The fourth-order valence-corrected chi connectivity index (χ4v) is 5.83. The van der Waals surface area contributed by atoms with Crippen LogP contribution in [0.5, 0.6) is 5.75 Å². The van der Waals surface area contributed by atoms with Crippen molar-refractivity contribution >= 4 is 29.1 Å². The number of anilines is 1. The second-order valence-corrected chi connectivity index (χ2v) is 10.3. The monoisotopic (exact) mass is 506 g/mol. The molecule has 8 heteroatoms. The molecule has 188 valence electrons. The molecule has 36 heavy (non-hydrogen) atoms. The van der Waals surface area contributed by atoms with Crippen LogP contribution < -0.4 is 15.4 Å². The van der Waals surface area contributed by atoms with Crippen LogP contribution in [-0.4, -0.2) is 29.9 Å². The molecule has 2 N–H and O–H groups in total. The standard InChI is InChI=1S/C28H31ClN4O3/c1-17-8-5-10-20(14-17)33-18(2)32-28(3,15-24(33)34)22-12-7-13-23(25(22)29)31-27(35)21-11-6-9-19(16-30)26(21)36-4/h6-7,9,11-13,17,20,32H,2,5,8,10,14-15H2,1,3-4H3,(H,31,35). The molecule has 0 spiro atoms. The second-order valence-electron chi connectivity index (χ2n) is 9.89. The average Bonchev–Trinajstić information content (AvgIpc) is 2.84. The number of nitrogens with zero attached hydrogens (tertiary/aromatic N) is 2. The summed E-state index contributed by atoms with van der Waals surface area (Å²) < 4.78 is 5.30. The van der Waals surface area contributed by atoms with Gasteiger partial charge < -0.3 is 15.4 Å².